The number of Topliss-reactive ketones (excluding diaryl/α,β-unsaturated/α-hetero) is 1. The van der Waals surface area contributed by atoms with Crippen molar-refractivity contribution < 1.29 is 23.1 Å². The van der Waals surface area contributed by atoms with Crippen molar-refractivity contribution in [2.75, 3.05) is 13.2 Å². The molecule has 5 N–H and O–H groups in total. The van der Waals surface area contributed by atoms with Crippen molar-refractivity contribution in [1.29, 1.82) is 0 Å². The number of ether oxygens (including phenoxy) is 1. The minimum Gasteiger partial charge on any atom is -0.480 e. The number of nitrogens with one attached hydrogen (secondary N) is 1. The summed E-state index contributed by atoms with van der Waals surface area (Å²) < 4.78 is 33.0. The number of guanidine groups is 1. The van der Waals surface area contributed by atoms with Gasteiger partial charge in [-0.15, -0.1) is 0 Å². The summed E-state index contributed by atoms with van der Waals surface area (Å²) >= 11 is 0. The molecule has 1 fully saturated rings. The van der Waals surface area contributed by atoms with E-state index in [9.17, 15) is 18.4 Å². The molecule has 1 atom stereocenters. The van der Waals surface area contributed by atoms with Gasteiger partial charge in [-0.1, -0.05) is 18.9 Å². The number of carbonyl (C=O) groups is 2. The van der Waals surface area contributed by atoms with E-state index in [2.05, 4.69) is 10.3 Å². The summed E-state index contributed by atoms with van der Waals surface area (Å²) in [5.74, 6) is -3.17. The number of amides is 1. The Labute approximate surface area is 168 Å². The fourth-order valence-corrected chi connectivity index (χ4v) is 3.30. The average molecular weight is 410 g/mol. The van der Waals surface area contributed by atoms with Crippen LogP contribution < -0.4 is 21.5 Å². The molecule has 0 spiro atoms. The largest absolute Gasteiger partial charge is 0.480 e. The number of benzene rings is 1. The van der Waals surface area contributed by atoms with Crippen molar-refractivity contribution >= 4 is 17.6 Å². The molecule has 0 aliphatic heterocycles. The topological polar surface area (TPSA) is 120 Å². The SMILES string of the molecule is Cc1ccc(F)c(OCC(=O)C(CCCN=C(N)N)NC(=O)C2CCCC2)c1F. The molecule has 0 aromatic heterocycles. The summed E-state index contributed by atoms with van der Waals surface area (Å²) in [6, 6.07) is 1.52. The Balaban J connectivity index is 2.01. The van der Waals surface area contributed by atoms with Crippen molar-refractivity contribution in [2.24, 2.45) is 22.4 Å². The van der Waals surface area contributed by atoms with Crippen molar-refractivity contribution in [2.45, 2.75) is 51.5 Å². The van der Waals surface area contributed by atoms with Crippen LogP contribution in [0.1, 0.15) is 44.1 Å². The van der Waals surface area contributed by atoms with Crippen LogP contribution in [-0.2, 0) is 9.59 Å². The van der Waals surface area contributed by atoms with Gasteiger partial charge in [0.15, 0.2) is 29.1 Å². The number of nitrogens with two attached hydrogens (primary N) is 2. The van der Waals surface area contributed by atoms with Crippen molar-refractivity contribution in [3.05, 3.63) is 29.3 Å². The smallest absolute Gasteiger partial charge is 0.223 e. The number of hydrogen-bond donors (Lipinski definition) is 3. The molecule has 0 saturated heterocycles. The lowest BCUT2D eigenvalue weighted by Crippen LogP contribution is -2.45. The second-order valence-electron chi connectivity index (χ2n) is 7.25. The van der Waals surface area contributed by atoms with Crippen LogP contribution in [0.2, 0.25) is 0 Å². The molecule has 0 bridgehead atoms. The van der Waals surface area contributed by atoms with E-state index in [0.717, 1.165) is 31.7 Å². The predicted octanol–water partition coefficient (Wildman–Crippen LogP) is 1.95. The lowest BCUT2D eigenvalue weighted by Gasteiger charge is -2.20. The maximum Gasteiger partial charge on any atom is 0.223 e. The summed E-state index contributed by atoms with van der Waals surface area (Å²) in [6.07, 6.45) is 4.28. The quantitative estimate of drug-likeness (QED) is 0.309. The van der Waals surface area contributed by atoms with E-state index < -0.39 is 35.8 Å². The standard InChI is InChI=1S/C20H28F2N4O3/c1-12-8-9-14(21)18(17(12)22)29-11-16(27)15(7-4-10-25-20(23)24)26-19(28)13-5-2-3-6-13/h8-9,13,15H,2-7,10-11H2,1H3,(H,26,28)(H4,23,24,25). The highest BCUT2D eigenvalue weighted by Crippen LogP contribution is 2.26. The van der Waals surface area contributed by atoms with Gasteiger partial charge in [0, 0.05) is 12.5 Å². The molecule has 0 radical (unpaired) electrons. The van der Waals surface area contributed by atoms with Gasteiger partial charge in [0.2, 0.25) is 5.91 Å². The molecule has 1 aliphatic rings. The Kier molecular flexibility index (Phi) is 8.35. The van der Waals surface area contributed by atoms with Crippen LogP contribution in [0.15, 0.2) is 17.1 Å². The molecular formula is C20H28F2N4O3. The first-order valence-electron chi connectivity index (χ1n) is 9.75. The number of hydrogen-bond acceptors (Lipinski definition) is 4. The van der Waals surface area contributed by atoms with Gasteiger partial charge < -0.3 is 21.5 Å². The van der Waals surface area contributed by atoms with Gasteiger partial charge in [0.1, 0.15) is 6.61 Å². The van der Waals surface area contributed by atoms with Gasteiger partial charge in [-0.25, -0.2) is 8.78 Å². The highest BCUT2D eigenvalue weighted by atomic mass is 19.1. The molecule has 9 heteroatoms. The van der Waals surface area contributed by atoms with E-state index in [1.54, 1.807) is 0 Å². The zero-order chi connectivity index (χ0) is 21.4. The highest BCUT2D eigenvalue weighted by molar-refractivity contribution is 5.90. The minimum absolute atomic E-state index is 0.0587. The zero-order valence-corrected chi connectivity index (χ0v) is 16.5. The van der Waals surface area contributed by atoms with E-state index in [1.165, 1.54) is 13.0 Å². The van der Waals surface area contributed by atoms with Gasteiger partial charge in [-0.3, -0.25) is 14.6 Å². The first kappa shape index (κ1) is 22.6. The monoisotopic (exact) mass is 410 g/mol. The van der Waals surface area contributed by atoms with Gasteiger partial charge in [0.25, 0.3) is 0 Å². The molecule has 2 rings (SSSR count). The maximum absolute atomic E-state index is 14.1. The van der Waals surface area contributed by atoms with E-state index in [0.29, 0.717) is 13.0 Å². The molecule has 1 aliphatic carbocycles. The second kappa shape index (κ2) is 10.7. The van der Waals surface area contributed by atoms with Crippen LogP contribution in [0.3, 0.4) is 0 Å². The van der Waals surface area contributed by atoms with Crippen LogP contribution in [0.5, 0.6) is 5.75 Å². The van der Waals surface area contributed by atoms with Crippen LogP contribution >= 0.6 is 0 Å². The van der Waals surface area contributed by atoms with E-state index in [-0.39, 0.29) is 29.8 Å². The van der Waals surface area contributed by atoms with Crippen LogP contribution in [0.4, 0.5) is 8.78 Å². The molecule has 7 nitrogen and oxygen atoms in total. The van der Waals surface area contributed by atoms with Gasteiger partial charge in [-0.2, -0.15) is 0 Å². The molecular weight excluding hydrogens is 382 g/mol. The van der Waals surface area contributed by atoms with Gasteiger partial charge in [-0.05, 0) is 44.2 Å². The molecule has 0 heterocycles. The number of rotatable bonds is 10. The molecule has 160 valence electrons. The zero-order valence-electron chi connectivity index (χ0n) is 16.5. The third-order valence-electron chi connectivity index (χ3n) is 4.98. The van der Waals surface area contributed by atoms with E-state index in [4.69, 9.17) is 16.2 Å². The molecule has 1 amide bonds. The summed E-state index contributed by atoms with van der Waals surface area (Å²) in [6.45, 7) is 1.21. The molecule has 1 saturated carbocycles. The van der Waals surface area contributed by atoms with E-state index >= 15 is 0 Å². The molecule has 29 heavy (non-hydrogen) atoms. The number of ketones is 1. The third-order valence-corrected chi connectivity index (χ3v) is 4.98. The third kappa shape index (κ3) is 6.69. The first-order valence-corrected chi connectivity index (χ1v) is 9.75. The number of carbonyl (C=O) groups excluding carboxylic acids is 2. The van der Waals surface area contributed by atoms with Crippen LogP contribution in [-0.4, -0.2) is 36.8 Å². The number of nitrogens with zero attached hydrogens (tertiary/aromatic N) is 1. The maximum atomic E-state index is 14.1. The first-order chi connectivity index (χ1) is 13.8. The molecule has 1 aromatic rings. The Hall–Kier alpha value is -2.71. The van der Waals surface area contributed by atoms with Crippen LogP contribution in [0.25, 0.3) is 0 Å². The summed E-state index contributed by atoms with van der Waals surface area (Å²) in [5.41, 5.74) is 10.8. The van der Waals surface area contributed by atoms with E-state index in [1.807, 2.05) is 0 Å². The summed E-state index contributed by atoms with van der Waals surface area (Å²) in [4.78, 5) is 28.9. The second-order valence-corrected chi connectivity index (χ2v) is 7.25. The van der Waals surface area contributed by atoms with Gasteiger partial charge >= 0.3 is 0 Å². The van der Waals surface area contributed by atoms with Crippen LogP contribution in [0, 0.1) is 24.5 Å². The Bertz CT molecular complexity index is 760. The number of halogens is 2. The Morgan fingerprint density at radius 1 is 1.28 bits per heavy atom. The number of aliphatic imine (C=N–C) groups is 1. The summed E-state index contributed by atoms with van der Waals surface area (Å²) in [7, 11) is 0. The van der Waals surface area contributed by atoms with Gasteiger partial charge in [0.05, 0.1) is 6.04 Å². The average Bonchev–Trinajstić information content (AvgIpc) is 3.21. The minimum atomic E-state index is -0.889. The molecule has 1 unspecified atom stereocenters. The summed E-state index contributed by atoms with van der Waals surface area (Å²) in [5, 5.41) is 2.76. The normalized spacial score (nSPS) is 15.0. The van der Waals surface area contributed by atoms with Crippen molar-refractivity contribution in [1.82, 2.24) is 5.32 Å². The lowest BCUT2D eigenvalue weighted by molar-refractivity contribution is -0.131. The number of aryl methyl sites for hydroxylation is 1. The lowest BCUT2D eigenvalue weighted by atomic mass is 10.0. The predicted molar refractivity (Wildman–Crippen MR) is 105 cm³/mol. The van der Waals surface area contributed by atoms with Crippen molar-refractivity contribution in [3.8, 4) is 5.75 Å². The fourth-order valence-electron chi connectivity index (χ4n) is 3.30. The molecule has 1 aromatic carbocycles. The van der Waals surface area contributed by atoms with Crippen molar-refractivity contribution in [3.63, 3.8) is 0 Å². The Morgan fingerprint density at radius 2 is 1.97 bits per heavy atom. The fraction of sp³-hybridized carbons (Fsp3) is 0.550. The highest BCUT2D eigenvalue weighted by Gasteiger charge is 2.28. The Morgan fingerprint density at radius 3 is 2.62 bits per heavy atom.